The SMILES string of the molecule is Cc1ccc(S(=O)(=O)n2nc(C)c(Sc3ccccc3)c2C)cc1. The van der Waals surface area contributed by atoms with E-state index in [-0.39, 0.29) is 4.90 Å². The molecule has 2 aromatic carbocycles. The molecule has 0 atom stereocenters. The van der Waals surface area contributed by atoms with Crippen molar-refractivity contribution in [1.82, 2.24) is 9.19 Å². The lowest BCUT2D eigenvalue weighted by Crippen LogP contribution is -2.16. The van der Waals surface area contributed by atoms with Crippen LogP contribution in [-0.4, -0.2) is 17.6 Å². The topological polar surface area (TPSA) is 52.0 Å². The van der Waals surface area contributed by atoms with E-state index in [0.29, 0.717) is 11.4 Å². The fraction of sp³-hybridized carbons (Fsp3) is 0.167. The molecule has 1 heterocycles. The Balaban J connectivity index is 2.04. The highest BCUT2D eigenvalue weighted by molar-refractivity contribution is 7.99. The highest BCUT2D eigenvalue weighted by atomic mass is 32.2. The minimum atomic E-state index is -3.69. The predicted molar refractivity (Wildman–Crippen MR) is 96.0 cm³/mol. The molecule has 3 rings (SSSR count). The van der Waals surface area contributed by atoms with Gasteiger partial charge in [0.25, 0.3) is 10.0 Å². The fourth-order valence-electron chi connectivity index (χ4n) is 2.40. The molecule has 0 unspecified atom stereocenters. The van der Waals surface area contributed by atoms with Crippen molar-refractivity contribution in [2.24, 2.45) is 0 Å². The molecule has 4 nitrogen and oxygen atoms in total. The van der Waals surface area contributed by atoms with Crippen LogP contribution in [-0.2, 0) is 10.0 Å². The first-order valence-electron chi connectivity index (χ1n) is 7.51. The monoisotopic (exact) mass is 358 g/mol. The zero-order valence-electron chi connectivity index (χ0n) is 13.7. The third kappa shape index (κ3) is 3.12. The Hall–Kier alpha value is -2.05. The molecule has 0 bridgehead atoms. The van der Waals surface area contributed by atoms with Crippen LogP contribution in [0.5, 0.6) is 0 Å². The number of benzene rings is 2. The second-order valence-corrected chi connectivity index (χ2v) is 8.43. The average Bonchev–Trinajstić information content (AvgIpc) is 2.85. The van der Waals surface area contributed by atoms with Crippen LogP contribution >= 0.6 is 11.8 Å². The largest absolute Gasteiger partial charge is 0.283 e. The van der Waals surface area contributed by atoms with Crippen molar-refractivity contribution >= 4 is 21.8 Å². The number of aromatic nitrogens is 2. The van der Waals surface area contributed by atoms with E-state index in [4.69, 9.17) is 0 Å². The van der Waals surface area contributed by atoms with E-state index in [1.165, 1.54) is 11.8 Å². The van der Waals surface area contributed by atoms with Crippen LogP contribution in [0.1, 0.15) is 17.0 Å². The number of hydrogen-bond acceptors (Lipinski definition) is 4. The van der Waals surface area contributed by atoms with Gasteiger partial charge in [-0.15, -0.1) is 0 Å². The molecule has 0 N–H and O–H groups in total. The average molecular weight is 358 g/mol. The first kappa shape index (κ1) is 16.8. The lowest BCUT2D eigenvalue weighted by Gasteiger charge is -2.07. The normalized spacial score (nSPS) is 11.6. The molecule has 0 fully saturated rings. The molecule has 0 saturated carbocycles. The van der Waals surface area contributed by atoms with Gasteiger partial charge >= 0.3 is 0 Å². The number of nitrogens with zero attached hydrogens (tertiary/aromatic N) is 2. The van der Waals surface area contributed by atoms with Crippen molar-refractivity contribution in [3.63, 3.8) is 0 Å². The smallest absolute Gasteiger partial charge is 0.199 e. The molecule has 0 saturated heterocycles. The first-order chi connectivity index (χ1) is 11.4. The van der Waals surface area contributed by atoms with Gasteiger partial charge in [0, 0.05) is 4.90 Å². The summed E-state index contributed by atoms with van der Waals surface area (Å²) < 4.78 is 26.9. The van der Waals surface area contributed by atoms with E-state index in [1.807, 2.05) is 44.2 Å². The fourth-order valence-corrected chi connectivity index (χ4v) is 4.77. The number of rotatable bonds is 4. The zero-order valence-corrected chi connectivity index (χ0v) is 15.4. The summed E-state index contributed by atoms with van der Waals surface area (Å²) in [6, 6.07) is 16.7. The highest BCUT2D eigenvalue weighted by Crippen LogP contribution is 2.33. The van der Waals surface area contributed by atoms with Gasteiger partial charge in [-0.25, -0.2) is 0 Å². The zero-order chi connectivity index (χ0) is 17.3. The molecule has 0 aliphatic rings. The molecule has 0 radical (unpaired) electrons. The van der Waals surface area contributed by atoms with E-state index in [0.717, 1.165) is 19.4 Å². The maximum Gasteiger partial charge on any atom is 0.283 e. The van der Waals surface area contributed by atoms with E-state index in [9.17, 15) is 8.42 Å². The van der Waals surface area contributed by atoms with Crippen molar-refractivity contribution in [2.45, 2.75) is 35.5 Å². The van der Waals surface area contributed by atoms with Gasteiger partial charge < -0.3 is 0 Å². The molecular weight excluding hydrogens is 340 g/mol. The van der Waals surface area contributed by atoms with Gasteiger partial charge in [0.15, 0.2) is 0 Å². The van der Waals surface area contributed by atoms with E-state index in [1.54, 1.807) is 31.2 Å². The Kier molecular flexibility index (Phi) is 4.51. The Bertz CT molecular complexity index is 960. The van der Waals surface area contributed by atoms with Crippen LogP contribution in [0, 0.1) is 20.8 Å². The quantitative estimate of drug-likeness (QED) is 0.701. The highest BCUT2D eigenvalue weighted by Gasteiger charge is 2.24. The molecule has 0 spiro atoms. The molecule has 124 valence electrons. The van der Waals surface area contributed by atoms with Gasteiger partial charge in [0.05, 0.1) is 21.2 Å². The summed E-state index contributed by atoms with van der Waals surface area (Å²) >= 11 is 1.53. The summed E-state index contributed by atoms with van der Waals surface area (Å²) in [6.07, 6.45) is 0. The summed E-state index contributed by atoms with van der Waals surface area (Å²) in [5.74, 6) is 0. The van der Waals surface area contributed by atoms with Crippen molar-refractivity contribution < 1.29 is 8.42 Å². The van der Waals surface area contributed by atoms with Gasteiger partial charge in [-0.1, -0.05) is 47.7 Å². The maximum absolute atomic E-state index is 12.9. The summed E-state index contributed by atoms with van der Waals surface area (Å²) in [4.78, 5) is 2.17. The third-order valence-electron chi connectivity index (χ3n) is 3.69. The Labute approximate surface area is 146 Å². The Morgan fingerprint density at radius 2 is 1.54 bits per heavy atom. The second kappa shape index (κ2) is 6.45. The van der Waals surface area contributed by atoms with Gasteiger partial charge in [0.1, 0.15) is 0 Å². The third-order valence-corrected chi connectivity index (χ3v) is 6.68. The minimum Gasteiger partial charge on any atom is -0.199 e. The molecule has 3 aromatic rings. The van der Waals surface area contributed by atoms with E-state index < -0.39 is 10.0 Å². The van der Waals surface area contributed by atoms with Gasteiger partial charge in [-0.3, -0.25) is 0 Å². The second-order valence-electron chi connectivity index (χ2n) is 5.58. The Morgan fingerprint density at radius 3 is 2.17 bits per heavy atom. The number of hydrogen-bond donors (Lipinski definition) is 0. The summed E-state index contributed by atoms with van der Waals surface area (Å²) in [5, 5.41) is 4.28. The van der Waals surface area contributed by atoms with Gasteiger partial charge in [-0.2, -0.15) is 17.6 Å². The van der Waals surface area contributed by atoms with E-state index >= 15 is 0 Å². The van der Waals surface area contributed by atoms with Crippen LogP contribution in [0.2, 0.25) is 0 Å². The van der Waals surface area contributed by atoms with Gasteiger partial charge in [-0.05, 0) is 45.0 Å². The molecule has 0 aliphatic carbocycles. The van der Waals surface area contributed by atoms with Crippen LogP contribution in [0.4, 0.5) is 0 Å². The number of aryl methyl sites for hydroxylation is 2. The Morgan fingerprint density at radius 1 is 0.917 bits per heavy atom. The van der Waals surface area contributed by atoms with Crippen LogP contribution < -0.4 is 0 Å². The van der Waals surface area contributed by atoms with E-state index in [2.05, 4.69) is 5.10 Å². The van der Waals surface area contributed by atoms with Gasteiger partial charge in [0.2, 0.25) is 0 Å². The lowest BCUT2D eigenvalue weighted by atomic mass is 10.2. The predicted octanol–water partition coefficient (Wildman–Crippen LogP) is 4.20. The van der Waals surface area contributed by atoms with Crippen LogP contribution in [0.3, 0.4) is 0 Å². The molecule has 0 aliphatic heterocycles. The van der Waals surface area contributed by atoms with Crippen molar-refractivity contribution in [3.8, 4) is 0 Å². The maximum atomic E-state index is 12.9. The summed E-state index contributed by atoms with van der Waals surface area (Å²) in [6.45, 7) is 5.55. The van der Waals surface area contributed by atoms with Crippen LogP contribution in [0.25, 0.3) is 0 Å². The summed E-state index contributed by atoms with van der Waals surface area (Å²) in [5.41, 5.74) is 2.35. The lowest BCUT2D eigenvalue weighted by molar-refractivity contribution is 0.577. The molecular formula is C18H18N2O2S2. The summed E-state index contributed by atoms with van der Waals surface area (Å²) in [7, 11) is -3.69. The van der Waals surface area contributed by atoms with Crippen LogP contribution in [0.15, 0.2) is 69.3 Å². The first-order valence-corrected chi connectivity index (χ1v) is 9.76. The standard InChI is InChI=1S/C18H18N2O2S2/c1-13-9-11-17(12-10-13)24(21,22)20-15(3)18(14(2)19-20)23-16-7-5-4-6-8-16/h4-12H,1-3H3. The van der Waals surface area contributed by atoms with Crippen molar-refractivity contribution in [2.75, 3.05) is 0 Å². The molecule has 0 amide bonds. The minimum absolute atomic E-state index is 0.245. The molecule has 6 heteroatoms. The van der Waals surface area contributed by atoms with Crippen molar-refractivity contribution in [3.05, 3.63) is 71.5 Å². The van der Waals surface area contributed by atoms with Crippen molar-refractivity contribution in [1.29, 1.82) is 0 Å². The molecule has 24 heavy (non-hydrogen) atoms. The molecule has 1 aromatic heterocycles.